The second-order valence-electron chi connectivity index (χ2n) is 3.04. The Morgan fingerprint density at radius 3 is 2.44 bits per heavy atom. The van der Waals surface area contributed by atoms with Crippen LogP contribution < -0.4 is 34.3 Å². The van der Waals surface area contributed by atoms with E-state index in [0.717, 1.165) is 11.3 Å². The molecule has 1 rings (SSSR count). The number of benzene rings is 1. The molecule has 0 aliphatic heterocycles. The molecule has 0 unspecified atom stereocenters. The molecule has 0 atom stereocenters. The van der Waals surface area contributed by atoms with Crippen LogP contribution in [0.1, 0.15) is 5.56 Å². The van der Waals surface area contributed by atoms with Crippen LogP contribution in [0.15, 0.2) is 29.3 Å². The second kappa shape index (κ2) is 8.63. The number of ether oxygens (including phenoxy) is 1. The molecule has 0 saturated heterocycles. The molecule has 0 bridgehead atoms. The van der Waals surface area contributed by atoms with Crippen molar-refractivity contribution in [2.45, 2.75) is 0 Å². The third kappa shape index (κ3) is 7.80. The van der Waals surface area contributed by atoms with Crippen molar-refractivity contribution in [2.75, 3.05) is 20.3 Å². The van der Waals surface area contributed by atoms with Crippen LogP contribution in [0.3, 0.4) is 0 Å². The number of rotatable bonds is 6. The molecule has 0 spiro atoms. The van der Waals surface area contributed by atoms with Crippen LogP contribution in [0.2, 0.25) is 0 Å². The Morgan fingerprint density at radius 1 is 1.33 bits per heavy atom. The summed E-state index contributed by atoms with van der Waals surface area (Å²) in [6, 6.07) is 7.15. The van der Waals surface area contributed by atoms with E-state index in [1.54, 1.807) is 37.6 Å². The van der Waals surface area contributed by atoms with Crippen molar-refractivity contribution < 1.29 is 51.4 Å². The Kier molecular flexibility index (Phi) is 8.41. The quantitative estimate of drug-likeness (QED) is 0.191. The molecule has 18 heavy (non-hydrogen) atoms. The third-order valence-electron chi connectivity index (χ3n) is 1.80. The normalized spacial score (nSPS) is 11.2. The van der Waals surface area contributed by atoms with E-state index in [1.165, 1.54) is 0 Å². The van der Waals surface area contributed by atoms with Gasteiger partial charge in [-0.25, -0.2) is 8.42 Å². The van der Waals surface area contributed by atoms with Crippen LogP contribution in [0.5, 0.6) is 5.75 Å². The molecule has 0 saturated carbocycles. The van der Waals surface area contributed by atoms with Crippen LogP contribution in [0.4, 0.5) is 0 Å². The van der Waals surface area contributed by atoms with Gasteiger partial charge in [-0.2, -0.15) is 0 Å². The van der Waals surface area contributed by atoms with E-state index >= 15 is 0 Å². The summed E-state index contributed by atoms with van der Waals surface area (Å²) in [5.41, 5.74) is 0.843. The summed E-state index contributed by atoms with van der Waals surface area (Å²) in [5, 5.41) is 0. The number of hydrogen-bond acceptors (Lipinski definition) is 6. The van der Waals surface area contributed by atoms with Gasteiger partial charge < -0.3 is 9.29 Å². The van der Waals surface area contributed by atoms with Crippen molar-refractivity contribution in [3.05, 3.63) is 29.8 Å². The average molecular weight is 281 g/mol. The van der Waals surface area contributed by atoms with Gasteiger partial charge in [0.05, 0.1) is 20.3 Å². The molecule has 8 heteroatoms. The van der Waals surface area contributed by atoms with E-state index in [0.29, 0.717) is 0 Å². The number of methoxy groups -OCH3 is 1. The van der Waals surface area contributed by atoms with E-state index in [4.69, 9.17) is 4.74 Å². The fourth-order valence-electron chi connectivity index (χ4n) is 1.05. The fourth-order valence-corrected chi connectivity index (χ4v) is 1.33. The van der Waals surface area contributed by atoms with E-state index in [2.05, 4.69) is 9.18 Å². The number of hydrogen-bond donors (Lipinski definition) is 0. The smallest absolute Gasteiger partial charge is 0.726 e. The molecule has 0 aliphatic rings. The molecular formula is C10H12NNaO5S. The largest absolute Gasteiger partial charge is 1.00 e. The van der Waals surface area contributed by atoms with Gasteiger partial charge >= 0.3 is 29.6 Å². The molecule has 0 heterocycles. The summed E-state index contributed by atoms with van der Waals surface area (Å²) in [4.78, 5) is 3.91. The first-order valence-corrected chi connectivity index (χ1v) is 6.09. The monoisotopic (exact) mass is 281 g/mol. The molecule has 0 fully saturated rings. The molecule has 94 valence electrons. The van der Waals surface area contributed by atoms with Gasteiger partial charge in [0.2, 0.25) is 10.4 Å². The number of aliphatic imine (C=N–C) groups is 1. The van der Waals surface area contributed by atoms with Crippen molar-refractivity contribution in [3.63, 3.8) is 0 Å². The van der Waals surface area contributed by atoms with Gasteiger partial charge in [-0.05, 0) is 29.8 Å². The SMILES string of the molecule is COc1ccc(C=NCCOS(=O)(=O)[O-])cc1.[Na+]. The fraction of sp³-hybridized carbons (Fsp3) is 0.300. The van der Waals surface area contributed by atoms with Gasteiger partial charge in [0.25, 0.3) is 0 Å². The summed E-state index contributed by atoms with van der Waals surface area (Å²) in [7, 11) is -3.05. The molecule has 6 nitrogen and oxygen atoms in total. The summed E-state index contributed by atoms with van der Waals surface area (Å²) in [6.45, 7) is -0.147. The minimum Gasteiger partial charge on any atom is -0.726 e. The van der Waals surface area contributed by atoms with Gasteiger partial charge in [-0.3, -0.25) is 9.18 Å². The third-order valence-corrected chi connectivity index (χ3v) is 2.26. The topological polar surface area (TPSA) is 88.0 Å². The maximum atomic E-state index is 10.1. The van der Waals surface area contributed by atoms with Crippen LogP contribution in [0.25, 0.3) is 0 Å². The molecule has 0 aliphatic carbocycles. The molecule has 1 aromatic carbocycles. The van der Waals surface area contributed by atoms with Crippen molar-refractivity contribution in [3.8, 4) is 5.75 Å². The van der Waals surface area contributed by atoms with Crippen molar-refractivity contribution >= 4 is 16.6 Å². The van der Waals surface area contributed by atoms with Crippen LogP contribution >= 0.6 is 0 Å². The molecule has 0 N–H and O–H groups in total. The van der Waals surface area contributed by atoms with E-state index in [9.17, 15) is 13.0 Å². The zero-order chi connectivity index (χ0) is 12.7. The minimum absolute atomic E-state index is 0. The molecule has 0 aromatic heterocycles. The Morgan fingerprint density at radius 2 is 1.94 bits per heavy atom. The predicted molar refractivity (Wildman–Crippen MR) is 61.1 cm³/mol. The molecule has 0 amide bonds. The van der Waals surface area contributed by atoms with Crippen LogP contribution in [-0.4, -0.2) is 39.4 Å². The van der Waals surface area contributed by atoms with Crippen molar-refractivity contribution in [1.82, 2.24) is 0 Å². The van der Waals surface area contributed by atoms with E-state index in [-0.39, 0.29) is 42.7 Å². The first-order valence-electron chi connectivity index (χ1n) is 4.75. The van der Waals surface area contributed by atoms with Crippen LogP contribution in [0, 0.1) is 0 Å². The van der Waals surface area contributed by atoms with Crippen molar-refractivity contribution in [1.29, 1.82) is 0 Å². The number of nitrogens with zero attached hydrogens (tertiary/aromatic N) is 1. The van der Waals surface area contributed by atoms with Gasteiger partial charge in [0.15, 0.2) is 0 Å². The summed E-state index contributed by atoms with van der Waals surface area (Å²) in [5.74, 6) is 0.739. The van der Waals surface area contributed by atoms with Crippen molar-refractivity contribution in [2.24, 2.45) is 4.99 Å². The second-order valence-corrected chi connectivity index (χ2v) is 4.09. The van der Waals surface area contributed by atoms with Gasteiger partial charge in [0.1, 0.15) is 5.75 Å². The predicted octanol–water partition coefficient (Wildman–Crippen LogP) is -2.41. The summed E-state index contributed by atoms with van der Waals surface area (Å²) < 4.78 is 39.2. The molecule has 1 aromatic rings. The van der Waals surface area contributed by atoms with E-state index in [1.807, 2.05) is 0 Å². The Balaban J connectivity index is 0.00000289. The Labute approximate surface area is 128 Å². The van der Waals surface area contributed by atoms with Gasteiger partial charge in [-0.1, -0.05) is 0 Å². The Hall–Kier alpha value is -0.440. The standard InChI is InChI=1S/C10H13NO5S.Na/c1-15-10-4-2-9(3-5-10)8-11-6-7-16-17(12,13)14;/h2-5,8H,6-7H2,1H3,(H,12,13,14);/q;+1/p-1. The summed E-state index contributed by atoms with van der Waals surface area (Å²) in [6.07, 6.45) is 1.56. The molecular weight excluding hydrogens is 269 g/mol. The zero-order valence-corrected chi connectivity index (χ0v) is 13.0. The zero-order valence-electron chi connectivity index (χ0n) is 10.2. The Bertz CT molecular complexity index is 472. The van der Waals surface area contributed by atoms with Gasteiger partial charge in [0, 0.05) is 6.21 Å². The average Bonchev–Trinajstić information content (AvgIpc) is 2.28. The van der Waals surface area contributed by atoms with Gasteiger partial charge in [-0.15, -0.1) is 0 Å². The summed E-state index contributed by atoms with van der Waals surface area (Å²) >= 11 is 0. The first kappa shape index (κ1) is 17.6. The minimum atomic E-state index is -4.62. The maximum Gasteiger partial charge on any atom is 1.00 e. The molecule has 0 radical (unpaired) electrons. The maximum absolute atomic E-state index is 10.1. The van der Waals surface area contributed by atoms with E-state index < -0.39 is 10.4 Å². The van der Waals surface area contributed by atoms with Crippen LogP contribution in [-0.2, 0) is 14.6 Å². The first-order chi connectivity index (χ1) is 8.01.